The molecule has 2 unspecified atom stereocenters. The maximum absolute atomic E-state index is 5.97. The lowest BCUT2D eigenvalue weighted by Gasteiger charge is -2.42. The first-order valence-electron chi connectivity index (χ1n) is 4.45. The number of nitrogens with two attached hydrogens (primary N) is 1. The van der Waals surface area contributed by atoms with Gasteiger partial charge in [-0.1, -0.05) is 0 Å². The normalized spacial score (nSPS) is 40.1. The van der Waals surface area contributed by atoms with Gasteiger partial charge in [-0.15, -0.1) is 0 Å². The molecule has 2 aliphatic rings. The predicted molar refractivity (Wildman–Crippen MR) is 43.4 cm³/mol. The first-order valence-corrected chi connectivity index (χ1v) is 4.45. The molecule has 2 atom stereocenters. The van der Waals surface area contributed by atoms with Crippen LogP contribution in [0, 0.1) is 0 Å². The molecular weight excluding hydrogens is 140 g/mol. The van der Waals surface area contributed by atoms with Crippen molar-refractivity contribution in [2.45, 2.75) is 24.9 Å². The Balaban J connectivity index is 1.99. The Hall–Kier alpha value is -0.120. The van der Waals surface area contributed by atoms with Crippen molar-refractivity contribution < 1.29 is 4.74 Å². The van der Waals surface area contributed by atoms with Gasteiger partial charge in [0.15, 0.2) is 0 Å². The molecule has 3 nitrogen and oxygen atoms in total. The zero-order valence-electron chi connectivity index (χ0n) is 6.83. The molecule has 2 rings (SSSR count). The molecule has 0 aromatic rings. The molecule has 0 radical (unpaired) electrons. The highest BCUT2D eigenvalue weighted by Crippen LogP contribution is 2.18. The van der Waals surface area contributed by atoms with Gasteiger partial charge in [0.05, 0.1) is 13.2 Å². The highest BCUT2D eigenvalue weighted by Gasteiger charge is 2.30. The molecule has 0 aromatic heterocycles. The quantitative estimate of drug-likeness (QED) is 0.528. The van der Waals surface area contributed by atoms with Gasteiger partial charge in [0.1, 0.15) is 0 Å². The molecule has 0 spiro atoms. The van der Waals surface area contributed by atoms with Crippen molar-refractivity contribution >= 4 is 0 Å². The van der Waals surface area contributed by atoms with Gasteiger partial charge in [0.25, 0.3) is 0 Å². The van der Waals surface area contributed by atoms with Crippen molar-refractivity contribution in [3.8, 4) is 0 Å². The minimum absolute atomic E-state index is 0.351. The second-order valence-electron chi connectivity index (χ2n) is 3.48. The monoisotopic (exact) mass is 156 g/mol. The van der Waals surface area contributed by atoms with E-state index in [1.807, 2.05) is 0 Å². The molecule has 0 saturated carbocycles. The molecular formula is C8H16N2O. The summed E-state index contributed by atoms with van der Waals surface area (Å²) < 4.78 is 5.39. The molecule has 3 heteroatoms. The van der Waals surface area contributed by atoms with E-state index in [0.717, 1.165) is 19.8 Å². The molecule has 2 N–H and O–H groups in total. The fourth-order valence-electron chi connectivity index (χ4n) is 2.05. The molecule has 0 aromatic carbocycles. The summed E-state index contributed by atoms with van der Waals surface area (Å²) >= 11 is 0. The van der Waals surface area contributed by atoms with Crippen LogP contribution in [-0.2, 0) is 4.74 Å². The number of hydrogen-bond donors (Lipinski definition) is 1. The minimum atomic E-state index is 0.351. The molecule has 0 aliphatic carbocycles. The van der Waals surface area contributed by atoms with E-state index >= 15 is 0 Å². The number of morpholine rings is 1. The van der Waals surface area contributed by atoms with Crippen LogP contribution in [0.5, 0.6) is 0 Å². The van der Waals surface area contributed by atoms with Gasteiger partial charge in [0, 0.05) is 18.6 Å². The van der Waals surface area contributed by atoms with Gasteiger partial charge in [-0.3, -0.25) is 4.90 Å². The predicted octanol–water partition coefficient (Wildman–Crippen LogP) is -0.192. The Morgan fingerprint density at radius 1 is 1.36 bits per heavy atom. The van der Waals surface area contributed by atoms with Crippen molar-refractivity contribution in [3.05, 3.63) is 0 Å². The molecule has 2 fully saturated rings. The second-order valence-corrected chi connectivity index (χ2v) is 3.48. The van der Waals surface area contributed by atoms with Crippen molar-refractivity contribution in [3.63, 3.8) is 0 Å². The number of ether oxygens (including phenoxy) is 1. The largest absolute Gasteiger partial charge is 0.378 e. The van der Waals surface area contributed by atoms with Gasteiger partial charge in [-0.25, -0.2) is 0 Å². The van der Waals surface area contributed by atoms with E-state index in [4.69, 9.17) is 10.5 Å². The van der Waals surface area contributed by atoms with Crippen molar-refractivity contribution in [1.29, 1.82) is 0 Å². The van der Waals surface area contributed by atoms with Gasteiger partial charge in [-0.05, 0) is 19.4 Å². The summed E-state index contributed by atoms with van der Waals surface area (Å²) in [4.78, 5) is 2.47. The fraction of sp³-hybridized carbons (Fsp3) is 1.00. The molecule has 2 aliphatic heterocycles. The Bertz CT molecular complexity index is 138. The maximum atomic E-state index is 5.97. The smallest absolute Gasteiger partial charge is 0.0637 e. The van der Waals surface area contributed by atoms with Gasteiger partial charge in [0.2, 0.25) is 0 Å². The van der Waals surface area contributed by atoms with Crippen LogP contribution in [-0.4, -0.2) is 43.3 Å². The number of nitrogens with zero attached hydrogens (tertiary/aromatic N) is 1. The average Bonchev–Trinajstić information content (AvgIpc) is 2.06. The second kappa shape index (κ2) is 3.09. The van der Waals surface area contributed by atoms with Crippen LogP contribution in [0.15, 0.2) is 0 Å². The van der Waals surface area contributed by atoms with E-state index in [1.54, 1.807) is 0 Å². The van der Waals surface area contributed by atoms with E-state index in [9.17, 15) is 0 Å². The van der Waals surface area contributed by atoms with E-state index < -0.39 is 0 Å². The number of fused-ring (bicyclic) bond motifs is 1. The molecule has 2 saturated heterocycles. The number of hydrogen-bond acceptors (Lipinski definition) is 3. The van der Waals surface area contributed by atoms with Crippen LogP contribution in [0.25, 0.3) is 0 Å². The first-order chi connectivity index (χ1) is 5.38. The van der Waals surface area contributed by atoms with Crippen LogP contribution in [0.2, 0.25) is 0 Å². The SMILES string of the molecule is NC1CCCN2CCOCC12. The van der Waals surface area contributed by atoms with E-state index in [-0.39, 0.29) is 0 Å². The lowest BCUT2D eigenvalue weighted by atomic mass is 9.97. The third kappa shape index (κ3) is 1.41. The zero-order valence-corrected chi connectivity index (χ0v) is 6.83. The Morgan fingerprint density at radius 3 is 3.09 bits per heavy atom. The van der Waals surface area contributed by atoms with Crippen molar-refractivity contribution in [2.75, 3.05) is 26.3 Å². The van der Waals surface area contributed by atoms with Crippen molar-refractivity contribution in [2.24, 2.45) is 5.73 Å². The molecule has 0 amide bonds. The van der Waals surface area contributed by atoms with Crippen LogP contribution < -0.4 is 5.73 Å². The van der Waals surface area contributed by atoms with Crippen LogP contribution in [0.4, 0.5) is 0 Å². The van der Waals surface area contributed by atoms with Gasteiger partial charge >= 0.3 is 0 Å². The highest BCUT2D eigenvalue weighted by molar-refractivity contribution is 4.88. The Kier molecular flexibility index (Phi) is 2.11. The summed E-state index contributed by atoms with van der Waals surface area (Å²) in [6, 6.07) is 0.863. The van der Waals surface area contributed by atoms with E-state index in [1.165, 1.54) is 19.4 Å². The summed E-state index contributed by atoms with van der Waals surface area (Å²) in [5.74, 6) is 0. The zero-order chi connectivity index (χ0) is 7.68. The van der Waals surface area contributed by atoms with Gasteiger partial charge < -0.3 is 10.5 Å². The third-order valence-electron chi connectivity index (χ3n) is 2.76. The van der Waals surface area contributed by atoms with Crippen LogP contribution in [0.1, 0.15) is 12.8 Å². The first kappa shape index (κ1) is 7.53. The molecule has 2 heterocycles. The number of piperidine rings is 1. The summed E-state index contributed by atoms with van der Waals surface area (Å²) in [7, 11) is 0. The molecule has 11 heavy (non-hydrogen) atoms. The minimum Gasteiger partial charge on any atom is -0.378 e. The Morgan fingerprint density at radius 2 is 2.27 bits per heavy atom. The summed E-state index contributed by atoms with van der Waals surface area (Å²) in [5, 5.41) is 0. The molecule has 0 bridgehead atoms. The topological polar surface area (TPSA) is 38.5 Å². The van der Waals surface area contributed by atoms with E-state index in [2.05, 4.69) is 4.90 Å². The number of rotatable bonds is 0. The summed E-state index contributed by atoms with van der Waals surface area (Å²) in [6.07, 6.45) is 2.43. The fourth-order valence-corrected chi connectivity index (χ4v) is 2.05. The highest BCUT2D eigenvalue weighted by atomic mass is 16.5. The average molecular weight is 156 g/mol. The van der Waals surface area contributed by atoms with Crippen LogP contribution in [0.3, 0.4) is 0 Å². The lowest BCUT2D eigenvalue weighted by Crippen LogP contribution is -2.57. The maximum Gasteiger partial charge on any atom is 0.0637 e. The summed E-state index contributed by atoms with van der Waals surface area (Å²) in [5.41, 5.74) is 5.97. The Labute approximate surface area is 67.5 Å². The van der Waals surface area contributed by atoms with E-state index in [0.29, 0.717) is 12.1 Å². The van der Waals surface area contributed by atoms with Crippen LogP contribution >= 0.6 is 0 Å². The standard InChI is InChI=1S/C8H16N2O/c9-7-2-1-3-10-4-5-11-6-8(7)10/h7-8H,1-6,9H2. The third-order valence-corrected chi connectivity index (χ3v) is 2.76. The lowest BCUT2D eigenvalue weighted by molar-refractivity contribution is -0.0311. The molecule has 64 valence electrons. The summed E-state index contributed by atoms with van der Waals surface area (Å²) in [6.45, 7) is 4.05. The van der Waals surface area contributed by atoms with Crippen molar-refractivity contribution in [1.82, 2.24) is 4.90 Å². The van der Waals surface area contributed by atoms with Gasteiger partial charge in [-0.2, -0.15) is 0 Å².